The Balaban J connectivity index is 1.77. The van der Waals surface area contributed by atoms with E-state index in [4.69, 9.17) is 9.47 Å². The molecule has 0 radical (unpaired) electrons. The summed E-state index contributed by atoms with van der Waals surface area (Å²) in [6, 6.07) is 14.5. The van der Waals surface area contributed by atoms with E-state index in [-0.39, 0.29) is 18.4 Å². The lowest BCUT2D eigenvalue weighted by atomic mass is 10.2. The summed E-state index contributed by atoms with van der Waals surface area (Å²) < 4.78 is 10.9. The Morgan fingerprint density at radius 3 is 2.46 bits per heavy atom. The van der Waals surface area contributed by atoms with Crippen molar-refractivity contribution < 1.29 is 19.1 Å². The maximum Gasteiger partial charge on any atom is 0.261 e. The molecular weight excluding hydrogens is 332 g/mol. The highest BCUT2D eigenvalue weighted by Gasteiger charge is 2.15. The van der Waals surface area contributed by atoms with Crippen molar-refractivity contribution in [3.8, 4) is 11.5 Å². The predicted octanol–water partition coefficient (Wildman–Crippen LogP) is 2.92. The average Bonchev–Trinajstić information content (AvgIpc) is 2.61. The van der Waals surface area contributed by atoms with Crippen molar-refractivity contribution >= 4 is 17.5 Å². The zero-order chi connectivity index (χ0) is 18.9. The van der Waals surface area contributed by atoms with E-state index in [9.17, 15) is 9.59 Å². The molecule has 6 heteroatoms. The Morgan fingerprint density at radius 1 is 1.08 bits per heavy atom. The first-order chi connectivity index (χ1) is 12.5. The van der Waals surface area contributed by atoms with Crippen molar-refractivity contribution in [3.05, 3.63) is 54.1 Å². The van der Waals surface area contributed by atoms with Crippen LogP contribution in [-0.4, -0.2) is 31.1 Å². The van der Waals surface area contributed by atoms with Crippen LogP contribution in [0.3, 0.4) is 0 Å². The van der Waals surface area contributed by atoms with Crippen molar-refractivity contribution in [1.82, 2.24) is 5.32 Å². The fourth-order valence-corrected chi connectivity index (χ4v) is 2.26. The van der Waals surface area contributed by atoms with Crippen LogP contribution in [0.4, 0.5) is 5.69 Å². The summed E-state index contributed by atoms with van der Waals surface area (Å²) in [5.41, 5.74) is 1.68. The molecule has 0 spiro atoms. The quantitative estimate of drug-likeness (QED) is 0.762. The Bertz CT molecular complexity index is 744. The molecule has 1 unspecified atom stereocenters. The molecule has 26 heavy (non-hydrogen) atoms. The summed E-state index contributed by atoms with van der Waals surface area (Å²) in [6.45, 7) is 5.95. The number of hydrogen-bond acceptors (Lipinski definition) is 4. The summed E-state index contributed by atoms with van der Waals surface area (Å²) in [4.78, 5) is 24.0. The minimum atomic E-state index is -0.699. The van der Waals surface area contributed by atoms with Gasteiger partial charge in [-0.2, -0.15) is 0 Å². The molecule has 0 aromatic heterocycles. The second-order valence-corrected chi connectivity index (χ2v) is 5.80. The van der Waals surface area contributed by atoms with Crippen LogP contribution in [0.25, 0.3) is 0 Å². The van der Waals surface area contributed by atoms with E-state index in [2.05, 4.69) is 10.6 Å². The van der Waals surface area contributed by atoms with Crippen molar-refractivity contribution in [2.75, 3.05) is 18.5 Å². The number of nitrogens with one attached hydrogen (secondary N) is 2. The molecule has 2 amide bonds. The molecule has 2 aromatic rings. The molecule has 0 aliphatic heterocycles. The largest absolute Gasteiger partial charge is 0.494 e. The van der Waals surface area contributed by atoms with E-state index in [0.717, 1.165) is 11.3 Å². The first kappa shape index (κ1) is 19.3. The highest BCUT2D eigenvalue weighted by Crippen LogP contribution is 2.16. The average molecular weight is 356 g/mol. The Kier molecular flexibility index (Phi) is 7.02. The third-order valence-corrected chi connectivity index (χ3v) is 3.54. The number of carbonyl (C=O) groups excluding carboxylic acids is 2. The molecule has 6 nitrogen and oxygen atoms in total. The van der Waals surface area contributed by atoms with Crippen molar-refractivity contribution in [2.24, 2.45) is 0 Å². The number of hydrogen-bond donors (Lipinski definition) is 2. The highest BCUT2D eigenvalue weighted by atomic mass is 16.5. The second-order valence-electron chi connectivity index (χ2n) is 5.80. The minimum Gasteiger partial charge on any atom is -0.494 e. The van der Waals surface area contributed by atoms with Crippen LogP contribution in [0.5, 0.6) is 11.5 Å². The number of ether oxygens (including phenoxy) is 2. The third kappa shape index (κ3) is 6.12. The summed E-state index contributed by atoms with van der Waals surface area (Å²) in [6.07, 6.45) is -0.699. The zero-order valence-electron chi connectivity index (χ0n) is 15.2. The van der Waals surface area contributed by atoms with Crippen molar-refractivity contribution in [2.45, 2.75) is 26.9 Å². The molecule has 0 heterocycles. The van der Waals surface area contributed by atoms with Gasteiger partial charge in [-0.3, -0.25) is 9.59 Å². The van der Waals surface area contributed by atoms with Gasteiger partial charge in [0.05, 0.1) is 13.2 Å². The van der Waals surface area contributed by atoms with Crippen LogP contribution in [0.15, 0.2) is 48.5 Å². The summed E-state index contributed by atoms with van der Waals surface area (Å²) in [5, 5.41) is 5.28. The van der Waals surface area contributed by atoms with Gasteiger partial charge in [0.1, 0.15) is 11.5 Å². The third-order valence-electron chi connectivity index (χ3n) is 3.54. The van der Waals surface area contributed by atoms with E-state index >= 15 is 0 Å². The number of benzene rings is 2. The summed E-state index contributed by atoms with van der Waals surface area (Å²) in [5.74, 6) is 0.686. The molecule has 2 rings (SSSR count). The second kappa shape index (κ2) is 9.46. The molecule has 0 aliphatic rings. The number of carbonyl (C=O) groups is 2. The fourth-order valence-electron chi connectivity index (χ4n) is 2.26. The van der Waals surface area contributed by atoms with Gasteiger partial charge in [-0.05, 0) is 62.7 Å². The molecule has 2 aromatic carbocycles. The van der Waals surface area contributed by atoms with Gasteiger partial charge in [-0.15, -0.1) is 0 Å². The smallest absolute Gasteiger partial charge is 0.261 e. The zero-order valence-corrected chi connectivity index (χ0v) is 15.2. The van der Waals surface area contributed by atoms with Crippen molar-refractivity contribution in [1.29, 1.82) is 0 Å². The highest BCUT2D eigenvalue weighted by molar-refractivity contribution is 5.95. The van der Waals surface area contributed by atoms with Crippen LogP contribution in [0.1, 0.15) is 19.4 Å². The first-order valence-corrected chi connectivity index (χ1v) is 8.51. The Morgan fingerprint density at radius 2 is 1.81 bits per heavy atom. The fraction of sp³-hybridized carbons (Fsp3) is 0.300. The molecule has 0 bridgehead atoms. The van der Waals surface area contributed by atoms with Gasteiger partial charge >= 0.3 is 0 Å². The Labute approximate surface area is 153 Å². The first-order valence-electron chi connectivity index (χ1n) is 8.51. The Hall–Kier alpha value is -3.02. The van der Waals surface area contributed by atoms with Crippen LogP contribution < -0.4 is 20.1 Å². The maximum absolute atomic E-state index is 12.1. The van der Waals surface area contributed by atoms with Gasteiger partial charge in [-0.25, -0.2) is 0 Å². The van der Waals surface area contributed by atoms with Gasteiger partial charge < -0.3 is 20.1 Å². The number of amides is 2. The SMILES string of the molecule is CCOc1ccc(NC(=O)CNC(=O)C(C)Oc2cccc(C)c2)cc1. The topological polar surface area (TPSA) is 76.7 Å². The van der Waals surface area contributed by atoms with Gasteiger partial charge in [-0.1, -0.05) is 12.1 Å². The monoisotopic (exact) mass is 356 g/mol. The van der Waals surface area contributed by atoms with Gasteiger partial charge in [0.2, 0.25) is 5.91 Å². The van der Waals surface area contributed by atoms with Crippen LogP contribution in [0.2, 0.25) is 0 Å². The molecule has 138 valence electrons. The molecule has 1 atom stereocenters. The van der Waals surface area contributed by atoms with Crippen LogP contribution in [-0.2, 0) is 9.59 Å². The standard InChI is InChI=1S/C20H24N2O4/c1-4-25-17-10-8-16(9-11-17)22-19(23)13-21-20(24)15(3)26-18-7-5-6-14(2)12-18/h5-12,15H,4,13H2,1-3H3,(H,21,24)(H,22,23). The molecule has 2 N–H and O–H groups in total. The molecule has 0 aliphatic carbocycles. The normalized spacial score (nSPS) is 11.3. The van der Waals surface area contributed by atoms with E-state index in [1.165, 1.54) is 0 Å². The van der Waals surface area contributed by atoms with Gasteiger partial charge in [0.15, 0.2) is 6.10 Å². The molecule has 0 saturated heterocycles. The number of anilines is 1. The van der Waals surface area contributed by atoms with E-state index in [1.807, 2.05) is 32.0 Å². The lowest BCUT2D eigenvalue weighted by Crippen LogP contribution is -2.40. The minimum absolute atomic E-state index is 0.131. The maximum atomic E-state index is 12.1. The number of aryl methyl sites for hydroxylation is 1. The molecule has 0 fully saturated rings. The number of rotatable bonds is 8. The summed E-state index contributed by atoms with van der Waals surface area (Å²) >= 11 is 0. The molecule has 0 saturated carbocycles. The predicted molar refractivity (Wildman–Crippen MR) is 101 cm³/mol. The summed E-state index contributed by atoms with van der Waals surface area (Å²) in [7, 11) is 0. The van der Waals surface area contributed by atoms with Crippen molar-refractivity contribution in [3.63, 3.8) is 0 Å². The lowest BCUT2D eigenvalue weighted by Gasteiger charge is -2.15. The lowest BCUT2D eigenvalue weighted by molar-refractivity contribution is -0.129. The van der Waals surface area contributed by atoms with E-state index in [0.29, 0.717) is 18.0 Å². The van der Waals surface area contributed by atoms with Gasteiger partial charge in [0, 0.05) is 5.69 Å². The van der Waals surface area contributed by atoms with Crippen LogP contribution in [0, 0.1) is 6.92 Å². The van der Waals surface area contributed by atoms with E-state index in [1.54, 1.807) is 37.3 Å². The molecular formula is C20H24N2O4. The van der Waals surface area contributed by atoms with Gasteiger partial charge in [0.25, 0.3) is 5.91 Å². The van der Waals surface area contributed by atoms with Crippen LogP contribution >= 0.6 is 0 Å². The van der Waals surface area contributed by atoms with E-state index < -0.39 is 6.10 Å².